The molecule has 1 N–H and O–H groups in total. The molecule has 1 saturated heterocycles. The van der Waals surface area contributed by atoms with Crippen molar-refractivity contribution in [2.75, 3.05) is 12.0 Å². The predicted octanol–water partition coefficient (Wildman–Crippen LogP) is 1.39. The van der Waals surface area contributed by atoms with Gasteiger partial charge in [-0.25, -0.2) is 4.79 Å². The molecule has 2 aromatic rings. The second-order valence-corrected chi connectivity index (χ2v) is 5.99. The van der Waals surface area contributed by atoms with E-state index in [1.54, 1.807) is 30.3 Å². The number of carbonyl (C=O) groups excluding carboxylic acids is 4. The van der Waals surface area contributed by atoms with E-state index in [4.69, 9.17) is 4.74 Å². The maximum atomic E-state index is 12.9. The van der Waals surface area contributed by atoms with Gasteiger partial charge in [-0.1, -0.05) is 12.1 Å². The van der Waals surface area contributed by atoms with E-state index in [0.717, 1.165) is 0 Å². The zero-order valence-corrected chi connectivity index (χ0v) is 13.4. The summed E-state index contributed by atoms with van der Waals surface area (Å²) in [6.45, 7) is 0. The first-order chi connectivity index (χ1) is 12.0. The monoisotopic (exact) mass is 338 g/mol. The van der Waals surface area contributed by atoms with Crippen molar-refractivity contribution in [1.82, 2.24) is 5.32 Å². The second kappa shape index (κ2) is 5.41. The number of nitrogens with one attached hydrogen (secondary N) is 1. The molecule has 2 aromatic carbocycles. The van der Waals surface area contributed by atoms with Crippen LogP contribution in [-0.4, -0.2) is 36.8 Å². The lowest BCUT2D eigenvalue weighted by Gasteiger charge is -2.30. The molecule has 2 heterocycles. The van der Waals surface area contributed by atoms with Crippen LogP contribution in [0.25, 0.3) is 10.8 Å². The number of benzene rings is 2. The van der Waals surface area contributed by atoms with Gasteiger partial charge in [0.25, 0.3) is 5.91 Å². The summed E-state index contributed by atoms with van der Waals surface area (Å²) < 4.78 is 4.80. The average molecular weight is 338 g/mol. The van der Waals surface area contributed by atoms with Gasteiger partial charge in [0.1, 0.15) is 6.04 Å². The van der Waals surface area contributed by atoms with Crippen LogP contribution in [0.2, 0.25) is 0 Å². The number of amides is 3. The molecule has 0 saturated carbocycles. The summed E-state index contributed by atoms with van der Waals surface area (Å²) in [4.78, 5) is 49.9. The van der Waals surface area contributed by atoms with Gasteiger partial charge in [-0.3, -0.25) is 24.6 Å². The first-order valence-electron chi connectivity index (χ1n) is 7.84. The normalized spacial score (nSPS) is 19.3. The third-order valence-corrected chi connectivity index (χ3v) is 4.65. The largest absolute Gasteiger partial charge is 0.465 e. The Hall–Kier alpha value is -3.22. The van der Waals surface area contributed by atoms with Crippen LogP contribution in [0.3, 0.4) is 0 Å². The number of carbonyl (C=O) groups is 4. The number of piperidine rings is 1. The standard InChI is InChI=1S/C18H14N2O5/c1-25-18(24)10-5-6-12-15-9(10)3-2-4-11(15)17(23)20(12)13-7-8-14(21)19-16(13)22/h2-6,13H,7-8H2,1H3,(H,19,21,22). The van der Waals surface area contributed by atoms with Crippen LogP contribution in [0.15, 0.2) is 30.3 Å². The third kappa shape index (κ3) is 2.12. The van der Waals surface area contributed by atoms with Crippen LogP contribution in [0, 0.1) is 0 Å². The van der Waals surface area contributed by atoms with Gasteiger partial charge in [0.05, 0.1) is 18.4 Å². The first-order valence-corrected chi connectivity index (χ1v) is 7.84. The third-order valence-electron chi connectivity index (χ3n) is 4.65. The zero-order valence-electron chi connectivity index (χ0n) is 13.4. The lowest BCUT2D eigenvalue weighted by molar-refractivity contribution is -0.134. The highest BCUT2D eigenvalue weighted by atomic mass is 16.5. The molecule has 0 aromatic heterocycles. The highest BCUT2D eigenvalue weighted by Crippen LogP contribution is 2.41. The van der Waals surface area contributed by atoms with Crippen molar-refractivity contribution in [3.05, 3.63) is 41.5 Å². The number of esters is 1. The Morgan fingerprint density at radius 2 is 2.00 bits per heavy atom. The lowest BCUT2D eigenvalue weighted by Crippen LogP contribution is -2.53. The van der Waals surface area contributed by atoms with Gasteiger partial charge in [-0.15, -0.1) is 0 Å². The Morgan fingerprint density at radius 3 is 2.72 bits per heavy atom. The van der Waals surface area contributed by atoms with E-state index >= 15 is 0 Å². The number of methoxy groups -OCH3 is 1. The van der Waals surface area contributed by atoms with Gasteiger partial charge in [-0.05, 0) is 30.0 Å². The van der Waals surface area contributed by atoms with E-state index in [9.17, 15) is 19.2 Å². The van der Waals surface area contributed by atoms with E-state index in [1.807, 2.05) is 0 Å². The number of ether oxygens (including phenoxy) is 1. The SMILES string of the molecule is COC(=O)c1ccc2c3c(cccc13)C(=O)N2C1CCC(=O)NC1=O. The molecule has 0 radical (unpaired) electrons. The van der Waals surface area contributed by atoms with Crippen LogP contribution in [-0.2, 0) is 14.3 Å². The lowest BCUT2D eigenvalue weighted by atomic mass is 10.0. The average Bonchev–Trinajstić information content (AvgIpc) is 2.89. The number of anilines is 1. The predicted molar refractivity (Wildman–Crippen MR) is 88.3 cm³/mol. The Labute approximate surface area is 142 Å². The van der Waals surface area contributed by atoms with E-state index in [0.29, 0.717) is 27.6 Å². The number of hydrogen-bond donors (Lipinski definition) is 1. The smallest absolute Gasteiger partial charge is 0.338 e. The van der Waals surface area contributed by atoms with Crippen molar-refractivity contribution in [2.24, 2.45) is 0 Å². The van der Waals surface area contributed by atoms with Gasteiger partial charge in [0, 0.05) is 17.4 Å². The Balaban J connectivity index is 1.89. The number of rotatable bonds is 2. The maximum absolute atomic E-state index is 12.9. The number of imide groups is 1. The quantitative estimate of drug-likeness (QED) is 0.660. The minimum Gasteiger partial charge on any atom is -0.465 e. The maximum Gasteiger partial charge on any atom is 0.338 e. The molecule has 1 unspecified atom stereocenters. The van der Waals surface area contributed by atoms with Gasteiger partial charge < -0.3 is 4.74 Å². The molecule has 7 nitrogen and oxygen atoms in total. The van der Waals surface area contributed by atoms with E-state index < -0.39 is 17.9 Å². The van der Waals surface area contributed by atoms with Crippen molar-refractivity contribution in [3.8, 4) is 0 Å². The Morgan fingerprint density at radius 1 is 1.20 bits per heavy atom. The summed E-state index contributed by atoms with van der Waals surface area (Å²) in [7, 11) is 1.30. The van der Waals surface area contributed by atoms with Gasteiger partial charge in [0.15, 0.2) is 0 Å². The topological polar surface area (TPSA) is 92.8 Å². The van der Waals surface area contributed by atoms with Crippen molar-refractivity contribution in [2.45, 2.75) is 18.9 Å². The van der Waals surface area contributed by atoms with Crippen molar-refractivity contribution >= 4 is 40.2 Å². The molecule has 0 spiro atoms. The van der Waals surface area contributed by atoms with Gasteiger partial charge >= 0.3 is 5.97 Å². The van der Waals surface area contributed by atoms with Gasteiger partial charge in [-0.2, -0.15) is 0 Å². The number of nitrogens with zero attached hydrogens (tertiary/aromatic N) is 1. The van der Waals surface area contributed by atoms with Crippen LogP contribution in [0.1, 0.15) is 33.6 Å². The minimum absolute atomic E-state index is 0.180. The molecule has 2 aliphatic rings. The summed E-state index contributed by atoms with van der Waals surface area (Å²) in [5, 5.41) is 3.51. The molecule has 1 atom stereocenters. The van der Waals surface area contributed by atoms with E-state index in [-0.39, 0.29) is 24.7 Å². The molecule has 126 valence electrons. The highest BCUT2D eigenvalue weighted by molar-refractivity contribution is 6.28. The fourth-order valence-electron chi connectivity index (χ4n) is 3.53. The molecule has 1 fully saturated rings. The highest BCUT2D eigenvalue weighted by Gasteiger charge is 2.41. The Bertz CT molecular complexity index is 965. The van der Waals surface area contributed by atoms with Crippen LogP contribution in [0.5, 0.6) is 0 Å². The minimum atomic E-state index is -0.746. The van der Waals surface area contributed by atoms with Crippen LogP contribution in [0.4, 0.5) is 5.69 Å². The molecule has 4 rings (SSSR count). The summed E-state index contributed by atoms with van der Waals surface area (Å²) >= 11 is 0. The van der Waals surface area contributed by atoms with E-state index in [1.165, 1.54) is 12.0 Å². The molecular weight excluding hydrogens is 324 g/mol. The fourth-order valence-corrected chi connectivity index (χ4v) is 3.53. The van der Waals surface area contributed by atoms with Crippen molar-refractivity contribution in [1.29, 1.82) is 0 Å². The fraction of sp³-hybridized carbons (Fsp3) is 0.222. The zero-order chi connectivity index (χ0) is 17.7. The van der Waals surface area contributed by atoms with Crippen molar-refractivity contribution in [3.63, 3.8) is 0 Å². The molecule has 25 heavy (non-hydrogen) atoms. The Kier molecular flexibility index (Phi) is 3.31. The summed E-state index contributed by atoms with van der Waals surface area (Å²) in [5.41, 5.74) is 1.36. The molecule has 0 aliphatic carbocycles. The molecule has 0 bridgehead atoms. The summed E-state index contributed by atoms with van der Waals surface area (Å²) in [6.07, 6.45) is 0.449. The van der Waals surface area contributed by atoms with Crippen LogP contribution >= 0.6 is 0 Å². The van der Waals surface area contributed by atoms with E-state index in [2.05, 4.69) is 5.32 Å². The summed E-state index contributed by atoms with van der Waals surface area (Å²) in [6, 6.07) is 7.60. The molecule has 7 heteroatoms. The summed E-state index contributed by atoms with van der Waals surface area (Å²) in [5.74, 6) is -1.62. The first kappa shape index (κ1) is 15.3. The van der Waals surface area contributed by atoms with Gasteiger partial charge in [0.2, 0.25) is 11.8 Å². The number of hydrogen-bond acceptors (Lipinski definition) is 5. The molecule has 2 aliphatic heterocycles. The van der Waals surface area contributed by atoms with Crippen LogP contribution < -0.4 is 10.2 Å². The van der Waals surface area contributed by atoms with Crippen molar-refractivity contribution < 1.29 is 23.9 Å². The molecule has 3 amide bonds. The second-order valence-electron chi connectivity index (χ2n) is 5.99. The molecular formula is C18H14N2O5.